The van der Waals surface area contributed by atoms with Gasteiger partial charge in [-0.05, 0) is 52.3 Å². The van der Waals surface area contributed by atoms with E-state index in [0.717, 1.165) is 16.9 Å². The van der Waals surface area contributed by atoms with E-state index in [1.807, 2.05) is 24.3 Å². The minimum Gasteiger partial charge on any atom is -0.497 e. The third kappa shape index (κ3) is 4.21. The van der Waals surface area contributed by atoms with E-state index >= 15 is 0 Å². The summed E-state index contributed by atoms with van der Waals surface area (Å²) in [4.78, 5) is 0. The molecule has 0 bridgehead atoms. The van der Waals surface area contributed by atoms with Gasteiger partial charge in [0, 0.05) is 11.1 Å². The van der Waals surface area contributed by atoms with Crippen molar-refractivity contribution in [1.82, 2.24) is 10.2 Å². The Kier molecular flexibility index (Phi) is 4.85. The van der Waals surface area contributed by atoms with E-state index in [1.165, 1.54) is 11.1 Å². The van der Waals surface area contributed by atoms with Gasteiger partial charge in [-0.1, -0.05) is 53.7 Å². The lowest BCUT2D eigenvalue weighted by molar-refractivity contribution is 0.415. The van der Waals surface area contributed by atoms with Crippen LogP contribution in [0.1, 0.15) is 52.7 Å². The Balaban J connectivity index is 2.07. The van der Waals surface area contributed by atoms with E-state index in [1.54, 1.807) is 7.11 Å². The van der Waals surface area contributed by atoms with Gasteiger partial charge in [-0.25, -0.2) is 0 Å². The molecule has 27 heavy (non-hydrogen) atoms. The van der Waals surface area contributed by atoms with Crippen LogP contribution in [0.2, 0.25) is 0 Å². The zero-order valence-corrected chi connectivity index (χ0v) is 17.3. The molecule has 0 fully saturated rings. The summed E-state index contributed by atoms with van der Waals surface area (Å²) in [5.41, 5.74) is 4.37. The summed E-state index contributed by atoms with van der Waals surface area (Å²) in [6.07, 6.45) is 0. The first-order chi connectivity index (χ1) is 12.6. The summed E-state index contributed by atoms with van der Waals surface area (Å²) in [6.45, 7) is 13.3. The highest BCUT2D eigenvalue weighted by atomic mass is 16.5. The fourth-order valence-corrected chi connectivity index (χ4v) is 2.83. The maximum atomic E-state index is 6.01. The van der Waals surface area contributed by atoms with Gasteiger partial charge in [0.1, 0.15) is 5.75 Å². The van der Waals surface area contributed by atoms with Crippen LogP contribution in [0.25, 0.3) is 22.9 Å². The highest BCUT2D eigenvalue weighted by Crippen LogP contribution is 2.34. The Morgan fingerprint density at radius 1 is 0.741 bits per heavy atom. The van der Waals surface area contributed by atoms with Crippen LogP contribution in [-0.4, -0.2) is 17.3 Å². The van der Waals surface area contributed by atoms with Crippen LogP contribution in [0.4, 0.5) is 0 Å². The summed E-state index contributed by atoms with van der Waals surface area (Å²) in [5.74, 6) is 1.78. The third-order valence-electron chi connectivity index (χ3n) is 4.65. The molecule has 2 aromatic carbocycles. The average Bonchev–Trinajstić information content (AvgIpc) is 3.10. The van der Waals surface area contributed by atoms with E-state index in [9.17, 15) is 0 Å². The van der Waals surface area contributed by atoms with E-state index in [-0.39, 0.29) is 10.8 Å². The highest BCUT2D eigenvalue weighted by molar-refractivity contribution is 5.61. The van der Waals surface area contributed by atoms with Crippen molar-refractivity contribution in [2.24, 2.45) is 0 Å². The SMILES string of the molecule is COc1cccc(-c2nnc(-c3cc(C(C)(C)C)cc(C(C)(C)C)c3)o2)c1. The Bertz CT molecular complexity index is 911. The molecule has 0 aliphatic rings. The zero-order chi connectivity index (χ0) is 19.8. The first-order valence-electron chi connectivity index (χ1n) is 9.22. The third-order valence-corrected chi connectivity index (χ3v) is 4.65. The van der Waals surface area contributed by atoms with Crippen molar-refractivity contribution in [2.45, 2.75) is 52.4 Å². The summed E-state index contributed by atoms with van der Waals surface area (Å²) in [5, 5.41) is 8.56. The van der Waals surface area contributed by atoms with Crippen molar-refractivity contribution in [3.8, 4) is 28.7 Å². The predicted octanol–water partition coefficient (Wildman–Crippen LogP) is 6.01. The van der Waals surface area contributed by atoms with E-state index in [0.29, 0.717) is 11.8 Å². The van der Waals surface area contributed by atoms with Gasteiger partial charge in [0.2, 0.25) is 11.8 Å². The lowest BCUT2D eigenvalue weighted by Gasteiger charge is -2.25. The molecule has 0 radical (unpaired) electrons. The average molecular weight is 364 g/mol. The van der Waals surface area contributed by atoms with Gasteiger partial charge < -0.3 is 9.15 Å². The molecule has 142 valence electrons. The van der Waals surface area contributed by atoms with Gasteiger partial charge in [0.15, 0.2) is 0 Å². The molecular weight excluding hydrogens is 336 g/mol. The Morgan fingerprint density at radius 2 is 1.30 bits per heavy atom. The predicted molar refractivity (Wildman–Crippen MR) is 109 cm³/mol. The standard InChI is InChI=1S/C23H28N2O2/c1-22(2,3)17-11-16(12-18(14-17)23(4,5)6)21-25-24-20(27-21)15-9-8-10-19(13-15)26-7/h8-14H,1-7H3. The molecule has 4 heteroatoms. The van der Waals surface area contributed by atoms with Gasteiger partial charge in [-0.15, -0.1) is 10.2 Å². The van der Waals surface area contributed by atoms with E-state index in [2.05, 4.69) is 69.9 Å². The van der Waals surface area contributed by atoms with Crippen LogP contribution in [0, 0.1) is 0 Å². The van der Waals surface area contributed by atoms with Crippen LogP contribution in [-0.2, 0) is 10.8 Å². The molecule has 0 aliphatic heterocycles. The Hall–Kier alpha value is -2.62. The molecule has 0 spiro atoms. The second kappa shape index (κ2) is 6.84. The summed E-state index contributed by atoms with van der Waals surface area (Å²) >= 11 is 0. The fraction of sp³-hybridized carbons (Fsp3) is 0.391. The summed E-state index contributed by atoms with van der Waals surface area (Å²) < 4.78 is 11.3. The molecule has 0 atom stereocenters. The quantitative estimate of drug-likeness (QED) is 0.571. The van der Waals surface area contributed by atoms with Crippen LogP contribution in [0.3, 0.4) is 0 Å². The van der Waals surface area contributed by atoms with Crippen LogP contribution in [0.15, 0.2) is 46.9 Å². The first-order valence-corrected chi connectivity index (χ1v) is 9.22. The Morgan fingerprint density at radius 3 is 1.81 bits per heavy atom. The number of aromatic nitrogens is 2. The lowest BCUT2D eigenvalue weighted by atomic mass is 9.79. The first kappa shape index (κ1) is 19.2. The van der Waals surface area contributed by atoms with Crippen LogP contribution >= 0.6 is 0 Å². The Labute approximate surface area is 161 Å². The largest absolute Gasteiger partial charge is 0.497 e. The number of ether oxygens (including phenoxy) is 1. The summed E-state index contributed by atoms with van der Waals surface area (Å²) in [6, 6.07) is 14.2. The minimum absolute atomic E-state index is 0.0334. The molecule has 0 unspecified atom stereocenters. The molecule has 0 N–H and O–H groups in total. The molecule has 3 aromatic rings. The maximum absolute atomic E-state index is 6.01. The molecule has 0 aliphatic carbocycles. The minimum atomic E-state index is 0.0334. The molecule has 1 aromatic heterocycles. The number of benzene rings is 2. The second-order valence-corrected chi connectivity index (χ2v) is 8.94. The van der Waals surface area contributed by atoms with Crippen molar-refractivity contribution in [3.63, 3.8) is 0 Å². The number of nitrogens with zero attached hydrogens (tertiary/aromatic N) is 2. The lowest BCUT2D eigenvalue weighted by Crippen LogP contribution is -2.16. The molecule has 0 saturated carbocycles. The molecular formula is C23H28N2O2. The van der Waals surface area contributed by atoms with Gasteiger partial charge in [0.05, 0.1) is 7.11 Å². The number of methoxy groups -OCH3 is 1. The van der Waals surface area contributed by atoms with Crippen molar-refractivity contribution in [1.29, 1.82) is 0 Å². The van der Waals surface area contributed by atoms with Gasteiger partial charge >= 0.3 is 0 Å². The molecule has 0 amide bonds. The van der Waals surface area contributed by atoms with E-state index in [4.69, 9.17) is 9.15 Å². The van der Waals surface area contributed by atoms with Crippen molar-refractivity contribution in [3.05, 3.63) is 53.6 Å². The number of hydrogen-bond acceptors (Lipinski definition) is 4. The smallest absolute Gasteiger partial charge is 0.248 e. The number of hydrogen-bond donors (Lipinski definition) is 0. The summed E-state index contributed by atoms with van der Waals surface area (Å²) in [7, 11) is 1.64. The molecule has 4 nitrogen and oxygen atoms in total. The molecule has 3 rings (SSSR count). The number of rotatable bonds is 3. The van der Waals surface area contributed by atoms with Crippen molar-refractivity contribution < 1.29 is 9.15 Å². The zero-order valence-electron chi connectivity index (χ0n) is 17.3. The fourth-order valence-electron chi connectivity index (χ4n) is 2.83. The van der Waals surface area contributed by atoms with E-state index < -0.39 is 0 Å². The van der Waals surface area contributed by atoms with Gasteiger partial charge in [0.25, 0.3) is 0 Å². The topological polar surface area (TPSA) is 48.2 Å². The monoisotopic (exact) mass is 364 g/mol. The van der Waals surface area contributed by atoms with Gasteiger partial charge in [-0.3, -0.25) is 0 Å². The van der Waals surface area contributed by atoms with Crippen LogP contribution in [0.5, 0.6) is 5.75 Å². The van der Waals surface area contributed by atoms with Crippen molar-refractivity contribution >= 4 is 0 Å². The van der Waals surface area contributed by atoms with Crippen LogP contribution < -0.4 is 4.74 Å². The second-order valence-electron chi connectivity index (χ2n) is 8.94. The molecule has 1 heterocycles. The maximum Gasteiger partial charge on any atom is 0.248 e. The highest BCUT2D eigenvalue weighted by Gasteiger charge is 2.22. The normalized spacial score (nSPS) is 12.3. The van der Waals surface area contributed by atoms with Gasteiger partial charge in [-0.2, -0.15) is 0 Å². The van der Waals surface area contributed by atoms with Crippen molar-refractivity contribution in [2.75, 3.05) is 7.11 Å². The molecule has 0 saturated heterocycles.